The highest BCUT2D eigenvalue weighted by Crippen LogP contribution is 2.01. The molecule has 0 aliphatic rings. The van der Waals surface area contributed by atoms with Crippen LogP contribution in [0, 0.1) is 5.92 Å². The van der Waals surface area contributed by atoms with Crippen LogP contribution in [-0.2, 0) is 10.0 Å². The molecule has 2 N–H and O–H groups in total. The van der Waals surface area contributed by atoms with Crippen molar-refractivity contribution in [1.82, 2.24) is 4.72 Å². The second-order valence-corrected chi connectivity index (χ2v) is 5.58. The van der Waals surface area contributed by atoms with Crippen molar-refractivity contribution in [3.05, 3.63) is 0 Å². The van der Waals surface area contributed by atoms with Crippen LogP contribution in [0.3, 0.4) is 0 Å². The number of aliphatic hydroxyl groups excluding tert-OH is 1. The van der Waals surface area contributed by atoms with Gasteiger partial charge in [-0.2, -0.15) is 0 Å². The second kappa shape index (κ2) is 5.57. The van der Waals surface area contributed by atoms with E-state index in [1.807, 2.05) is 13.8 Å². The van der Waals surface area contributed by atoms with Crippen molar-refractivity contribution in [2.45, 2.75) is 32.4 Å². The van der Waals surface area contributed by atoms with Gasteiger partial charge in [-0.15, -0.1) is 0 Å². The molecule has 0 fully saturated rings. The Labute approximate surface area is 80.4 Å². The van der Waals surface area contributed by atoms with Gasteiger partial charge >= 0.3 is 0 Å². The zero-order valence-corrected chi connectivity index (χ0v) is 9.26. The molecule has 0 rings (SSSR count). The van der Waals surface area contributed by atoms with Gasteiger partial charge in [-0.3, -0.25) is 0 Å². The molecule has 0 saturated carbocycles. The highest BCUT2D eigenvalue weighted by Gasteiger charge is 2.19. The molecule has 5 heteroatoms. The first-order valence-electron chi connectivity index (χ1n) is 4.53. The summed E-state index contributed by atoms with van der Waals surface area (Å²) in [5.41, 5.74) is 0. The highest BCUT2D eigenvalue weighted by atomic mass is 32.2. The average Bonchev–Trinajstić information content (AvgIpc) is 2.12. The van der Waals surface area contributed by atoms with E-state index in [1.54, 1.807) is 0 Å². The van der Waals surface area contributed by atoms with Crippen LogP contribution >= 0.6 is 0 Å². The van der Waals surface area contributed by atoms with E-state index in [2.05, 4.69) is 4.72 Å². The van der Waals surface area contributed by atoms with Gasteiger partial charge in [-0.05, 0) is 12.8 Å². The van der Waals surface area contributed by atoms with Crippen LogP contribution < -0.4 is 4.72 Å². The molecule has 13 heavy (non-hydrogen) atoms. The number of nitrogens with one attached hydrogen (secondary N) is 1. The van der Waals surface area contributed by atoms with E-state index in [1.165, 1.54) is 6.92 Å². The van der Waals surface area contributed by atoms with E-state index in [9.17, 15) is 8.42 Å². The van der Waals surface area contributed by atoms with Gasteiger partial charge in [0.05, 0.1) is 11.9 Å². The maximum atomic E-state index is 11.3. The third kappa shape index (κ3) is 4.59. The number of rotatable bonds is 6. The molecule has 0 bridgehead atoms. The topological polar surface area (TPSA) is 66.4 Å². The Hall–Kier alpha value is -0.130. The molecule has 80 valence electrons. The molecule has 0 heterocycles. The standard InChI is InChI=1S/C8H19NO3S/c1-4-7(2)5-9-13(11,12)8(3)6-10/h7-10H,4-6H2,1-3H3. The lowest BCUT2D eigenvalue weighted by atomic mass is 10.1. The zero-order valence-electron chi connectivity index (χ0n) is 8.45. The Balaban J connectivity index is 4.04. The quantitative estimate of drug-likeness (QED) is 0.662. The van der Waals surface area contributed by atoms with Crippen LogP contribution in [0.15, 0.2) is 0 Å². The summed E-state index contributed by atoms with van der Waals surface area (Å²) in [7, 11) is -3.32. The van der Waals surface area contributed by atoms with Crippen LogP contribution in [0.4, 0.5) is 0 Å². The first-order chi connectivity index (χ1) is 5.94. The van der Waals surface area contributed by atoms with Crippen LogP contribution in [0.25, 0.3) is 0 Å². The van der Waals surface area contributed by atoms with E-state index >= 15 is 0 Å². The molecule has 0 aliphatic heterocycles. The highest BCUT2D eigenvalue weighted by molar-refractivity contribution is 7.90. The van der Waals surface area contributed by atoms with Gasteiger partial charge in [0.25, 0.3) is 0 Å². The molecule has 0 saturated heterocycles. The maximum absolute atomic E-state index is 11.3. The summed E-state index contributed by atoms with van der Waals surface area (Å²) in [6.45, 7) is 5.58. The van der Waals surface area contributed by atoms with Crippen molar-refractivity contribution >= 4 is 10.0 Å². The molecule has 2 unspecified atom stereocenters. The third-order valence-corrected chi connectivity index (χ3v) is 3.89. The molecule has 0 aliphatic carbocycles. The summed E-state index contributed by atoms with van der Waals surface area (Å²) in [5, 5.41) is 7.95. The van der Waals surface area contributed by atoms with Crippen molar-refractivity contribution < 1.29 is 13.5 Å². The zero-order chi connectivity index (χ0) is 10.5. The summed E-state index contributed by atoms with van der Waals surface area (Å²) in [4.78, 5) is 0. The minimum atomic E-state index is -3.32. The first-order valence-corrected chi connectivity index (χ1v) is 6.08. The van der Waals surface area contributed by atoms with E-state index in [-0.39, 0.29) is 6.61 Å². The van der Waals surface area contributed by atoms with Crippen LogP contribution in [-0.4, -0.2) is 31.9 Å². The van der Waals surface area contributed by atoms with Crippen LogP contribution in [0.1, 0.15) is 27.2 Å². The molecule has 0 aromatic heterocycles. The number of hydrogen-bond acceptors (Lipinski definition) is 3. The van der Waals surface area contributed by atoms with Gasteiger partial charge in [-0.1, -0.05) is 20.3 Å². The fourth-order valence-electron chi connectivity index (χ4n) is 0.643. The summed E-state index contributed by atoms with van der Waals surface area (Å²) in [6, 6.07) is 0. The predicted octanol–water partition coefficient (Wildman–Crippen LogP) is 0.333. The van der Waals surface area contributed by atoms with E-state index in [0.717, 1.165) is 6.42 Å². The number of sulfonamides is 1. The third-order valence-electron chi connectivity index (χ3n) is 2.12. The second-order valence-electron chi connectivity index (χ2n) is 3.40. The van der Waals surface area contributed by atoms with Crippen molar-refractivity contribution in [3.63, 3.8) is 0 Å². The Kier molecular flexibility index (Phi) is 5.51. The molecule has 2 atom stereocenters. The van der Waals surface area contributed by atoms with Gasteiger partial charge in [0.1, 0.15) is 0 Å². The fraction of sp³-hybridized carbons (Fsp3) is 1.00. The minimum absolute atomic E-state index is 0.334. The molecule has 0 aromatic rings. The van der Waals surface area contributed by atoms with E-state index in [0.29, 0.717) is 12.5 Å². The number of hydrogen-bond donors (Lipinski definition) is 2. The first kappa shape index (κ1) is 12.9. The normalized spacial score (nSPS) is 16.9. The van der Waals surface area contributed by atoms with Crippen molar-refractivity contribution in [2.75, 3.05) is 13.2 Å². The molecular formula is C8H19NO3S. The average molecular weight is 209 g/mol. The van der Waals surface area contributed by atoms with E-state index in [4.69, 9.17) is 5.11 Å². The Morgan fingerprint density at radius 1 is 1.38 bits per heavy atom. The van der Waals surface area contributed by atoms with Gasteiger partial charge in [0.15, 0.2) is 0 Å². The van der Waals surface area contributed by atoms with Crippen molar-refractivity contribution in [2.24, 2.45) is 5.92 Å². The molecule has 0 spiro atoms. The number of aliphatic hydroxyl groups is 1. The van der Waals surface area contributed by atoms with Gasteiger partial charge in [0, 0.05) is 6.54 Å². The van der Waals surface area contributed by atoms with Crippen LogP contribution in [0.2, 0.25) is 0 Å². The minimum Gasteiger partial charge on any atom is -0.395 e. The lowest BCUT2D eigenvalue weighted by molar-refractivity contribution is 0.294. The lowest BCUT2D eigenvalue weighted by Crippen LogP contribution is -2.36. The molecule has 4 nitrogen and oxygen atoms in total. The Morgan fingerprint density at radius 2 is 1.92 bits per heavy atom. The van der Waals surface area contributed by atoms with Gasteiger partial charge in [0.2, 0.25) is 10.0 Å². The SMILES string of the molecule is CCC(C)CNS(=O)(=O)C(C)CO. The fourth-order valence-corrected chi connectivity index (χ4v) is 1.64. The van der Waals surface area contributed by atoms with Gasteiger partial charge in [-0.25, -0.2) is 13.1 Å². The van der Waals surface area contributed by atoms with Crippen molar-refractivity contribution in [1.29, 1.82) is 0 Å². The van der Waals surface area contributed by atoms with Crippen molar-refractivity contribution in [3.8, 4) is 0 Å². The summed E-state index contributed by atoms with van der Waals surface area (Å²) >= 11 is 0. The Morgan fingerprint density at radius 3 is 2.31 bits per heavy atom. The smallest absolute Gasteiger partial charge is 0.216 e. The largest absolute Gasteiger partial charge is 0.395 e. The summed E-state index contributed by atoms with van der Waals surface area (Å²) in [6.07, 6.45) is 0.941. The maximum Gasteiger partial charge on any atom is 0.216 e. The molecule has 0 amide bonds. The van der Waals surface area contributed by atoms with Crippen LogP contribution in [0.5, 0.6) is 0 Å². The monoisotopic (exact) mass is 209 g/mol. The van der Waals surface area contributed by atoms with Gasteiger partial charge < -0.3 is 5.11 Å². The summed E-state index contributed by atoms with van der Waals surface area (Å²) < 4.78 is 25.1. The van der Waals surface area contributed by atoms with E-state index < -0.39 is 15.3 Å². The molecular weight excluding hydrogens is 190 g/mol. The molecule has 0 radical (unpaired) electrons. The summed E-state index contributed by atoms with van der Waals surface area (Å²) in [5.74, 6) is 0.334. The predicted molar refractivity (Wildman–Crippen MR) is 52.9 cm³/mol. The Bertz CT molecular complexity index is 226. The lowest BCUT2D eigenvalue weighted by Gasteiger charge is -2.13. The molecule has 0 aromatic carbocycles.